The molecular formula is C29H31N5O3. The number of aromatic nitrogens is 3. The maximum atomic E-state index is 13.2. The molecular weight excluding hydrogens is 466 g/mol. The number of rotatable bonds is 7. The molecule has 8 nitrogen and oxygen atoms in total. The van der Waals surface area contributed by atoms with E-state index in [1.807, 2.05) is 24.3 Å². The summed E-state index contributed by atoms with van der Waals surface area (Å²) in [7, 11) is 3.41. The van der Waals surface area contributed by atoms with Gasteiger partial charge in [-0.25, -0.2) is 4.98 Å². The number of amides is 1. The second-order valence-corrected chi connectivity index (χ2v) is 9.54. The molecule has 8 heteroatoms. The topological polar surface area (TPSA) is 95.5 Å². The molecule has 2 aromatic carbocycles. The second-order valence-electron chi connectivity index (χ2n) is 9.54. The Kier molecular flexibility index (Phi) is 6.56. The van der Waals surface area contributed by atoms with Gasteiger partial charge in [0.2, 0.25) is 0 Å². The van der Waals surface area contributed by atoms with Crippen LogP contribution in [0.25, 0.3) is 22.4 Å². The van der Waals surface area contributed by atoms with E-state index in [1.54, 1.807) is 36.0 Å². The number of benzene rings is 2. The van der Waals surface area contributed by atoms with Gasteiger partial charge in [0.1, 0.15) is 23.8 Å². The fourth-order valence-corrected chi connectivity index (χ4v) is 4.54. The van der Waals surface area contributed by atoms with Gasteiger partial charge in [-0.1, -0.05) is 44.2 Å². The standard InChI is InChI=1S/C29H31N5O3/c1-18(2)20-7-5-19(6-8-20)17-37-23-10-9-21(15-24(23)36-4)26-27(22-11-12-31-25(30)16-22)32-34-14-13-33(3)29(35)28(26)34/h5-12,15-16,18H,13-14,17H2,1-4H3,(H2,30,31). The summed E-state index contributed by atoms with van der Waals surface area (Å²) < 4.78 is 13.6. The van der Waals surface area contributed by atoms with E-state index in [0.717, 1.165) is 22.3 Å². The first-order valence-corrected chi connectivity index (χ1v) is 12.3. The molecule has 0 unspecified atom stereocenters. The number of nitrogens with zero attached hydrogens (tertiary/aromatic N) is 4. The zero-order chi connectivity index (χ0) is 26.1. The third-order valence-electron chi connectivity index (χ3n) is 6.70. The number of fused-ring (bicyclic) bond motifs is 1. The smallest absolute Gasteiger partial charge is 0.272 e. The van der Waals surface area contributed by atoms with E-state index in [9.17, 15) is 4.79 Å². The third kappa shape index (κ3) is 4.74. The van der Waals surface area contributed by atoms with E-state index in [1.165, 1.54) is 5.56 Å². The highest BCUT2D eigenvalue weighted by atomic mass is 16.5. The van der Waals surface area contributed by atoms with Crippen molar-refractivity contribution >= 4 is 11.7 Å². The monoisotopic (exact) mass is 497 g/mol. The Bertz CT molecular complexity index is 1440. The SMILES string of the molecule is COc1cc(-c2c(-c3ccnc(N)c3)nn3c2C(=O)N(C)CC3)ccc1OCc1ccc(C(C)C)cc1. The summed E-state index contributed by atoms with van der Waals surface area (Å²) in [6.07, 6.45) is 1.64. The summed E-state index contributed by atoms with van der Waals surface area (Å²) in [6.45, 7) is 5.98. The van der Waals surface area contributed by atoms with E-state index in [0.29, 0.717) is 54.3 Å². The lowest BCUT2D eigenvalue weighted by Gasteiger charge is -2.24. The molecule has 0 spiro atoms. The Labute approximate surface area is 216 Å². The number of likely N-dealkylation sites (N-methyl/N-ethyl adjacent to an activating group) is 1. The number of nitrogen functional groups attached to an aromatic ring is 1. The molecule has 0 fully saturated rings. The van der Waals surface area contributed by atoms with E-state index < -0.39 is 0 Å². The summed E-state index contributed by atoms with van der Waals surface area (Å²) in [5.74, 6) is 2.00. The van der Waals surface area contributed by atoms with Gasteiger partial charge in [0.05, 0.1) is 13.7 Å². The largest absolute Gasteiger partial charge is 0.493 e. The minimum Gasteiger partial charge on any atom is -0.493 e. The van der Waals surface area contributed by atoms with Gasteiger partial charge in [-0.15, -0.1) is 0 Å². The summed E-state index contributed by atoms with van der Waals surface area (Å²) >= 11 is 0. The zero-order valence-corrected chi connectivity index (χ0v) is 21.6. The van der Waals surface area contributed by atoms with Crippen LogP contribution in [0.5, 0.6) is 11.5 Å². The summed E-state index contributed by atoms with van der Waals surface area (Å²) in [6, 6.07) is 17.8. The normalized spacial score (nSPS) is 13.1. The van der Waals surface area contributed by atoms with Crippen molar-refractivity contribution in [3.63, 3.8) is 0 Å². The minimum absolute atomic E-state index is 0.0776. The van der Waals surface area contributed by atoms with Crippen LogP contribution in [0.3, 0.4) is 0 Å². The highest BCUT2D eigenvalue weighted by molar-refractivity contribution is 6.03. The van der Waals surface area contributed by atoms with Crippen LogP contribution in [-0.4, -0.2) is 46.3 Å². The second kappa shape index (κ2) is 9.97. The third-order valence-corrected chi connectivity index (χ3v) is 6.70. The first kappa shape index (κ1) is 24.4. The molecule has 1 amide bonds. The number of hydrogen-bond donors (Lipinski definition) is 1. The van der Waals surface area contributed by atoms with Gasteiger partial charge in [0.15, 0.2) is 11.5 Å². The van der Waals surface area contributed by atoms with Crippen molar-refractivity contribution in [2.75, 3.05) is 26.4 Å². The average Bonchev–Trinajstić information content (AvgIpc) is 3.30. The van der Waals surface area contributed by atoms with Crippen molar-refractivity contribution < 1.29 is 14.3 Å². The van der Waals surface area contributed by atoms with Crippen LogP contribution in [-0.2, 0) is 13.2 Å². The number of carbonyl (C=O) groups excluding carboxylic acids is 1. The van der Waals surface area contributed by atoms with Gasteiger partial charge in [0.25, 0.3) is 5.91 Å². The van der Waals surface area contributed by atoms with E-state index in [2.05, 4.69) is 43.1 Å². The van der Waals surface area contributed by atoms with Crippen molar-refractivity contribution in [2.45, 2.75) is 32.9 Å². The molecule has 0 bridgehead atoms. The highest BCUT2D eigenvalue weighted by Gasteiger charge is 2.31. The molecule has 0 saturated heterocycles. The quantitative estimate of drug-likeness (QED) is 0.386. The molecule has 37 heavy (non-hydrogen) atoms. The van der Waals surface area contributed by atoms with Crippen LogP contribution in [0.15, 0.2) is 60.8 Å². The molecule has 3 heterocycles. The van der Waals surface area contributed by atoms with Crippen molar-refractivity contribution in [1.82, 2.24) is 19.7 Å². The number of ether oxygens (including phenoxy) is 2. The van der Waals surface area contributed by atoms with Crippen molar-refractivity contribution in [3.05, 3.63) is 77.6 Å². The molecule has 1 aliphatic heterocycles. The van der Waals surface area contributed by atoms with Gasteiger partial charge in [-0.05, 0) is 46.9 Å². The Hall–Kier alpha value is -4.33. The fraction of sp³-hybridized carbons (Fsp3) is 0.276. The predicted octanol–water partition coefficient (Wildman–Crippen LogP) is 4.99. The first-order valence-electron chi connectivity index (χ1n) is 12.3. The summed E-state index contributed by atoms with van der Waals surface area (Å²) in [5, 5.41) is 4.81. The van der Waals surface area contributed by atoms with Crippen molar-refractivity contribution in [1.29, 1.82) is 0 Å². The summed E-state index contributed by atoms with van der Waals surface area (Å²) in [5.41, 5.74) is 11.9. The Morgan fingerprint density at radius 1 is 1.00 bits per heavy atom. The Morgan fingerprint density at radius 2 is 1.78 bits per heavy atom. The van der Waals surface area contributed by atoms with Crippen LogP contribution < -0.4 is 15.2 Å². The maximum absolute atomic E-state index is 13.2. The lowest BCUT2D eigenvalue weighted by molar-refractivity contribution is 0.0744. The lowest BCUT2D eigenvalue weighted by Crippen LogP contribution is -2.37. The summed E-state index contributed by atoms with van der Waals surface area (Å²) in [4.78, 5) is 19.1. The minimum atomic E-state index is -0.0776. The van der Waals surface area contributed by atoms with Gasteiger partial charge >= 0.3 is 0 Å². The molecule has 5 rings (SSSR count). The van der Waals surface area contributed by atoms with Crippen LogP contribution in [0, 0.1) is 0 Å². The van der Waals surface area contributed by atoms with E-state index in [4.69, 9.17) is 20.3 Å². The average molecular weight is 498 g/mol. The van der Waals surface area contributed by atoms with Gasteiger partial charge in [0, 0.05) is 30.9 Å². The number of carbonyl (C=O) groups is 1. The fourth-order valence-electron chi connectivity index (χ4n) is 4.54. The van der Waals surface area contributed by atoms with Crippen molar-refractivity contribution in [2.24, 2.45) is 0 Å². The molecule has 0 radical (unpaired) electrons. The number of hydrogen-bond acceptors (Lipinski definition) is 6. The molecule has 4 aromatic rings. The van der Waals surface area contributed by atoms with Crippen LogP contribution in [0.4, 0.5) is 5.82 Å². The molecule has 1 aliphatic rings. The first-order chi connectivity index (χ1) is 17.9. The zero-order valence-electron chi connectivity index (χ0n) is 21.6. The number of nitrogens with two attached hydrogens (primary N) is 1. The van der Waals surface area contributed by atoms with Crippen molar-refractivity contribution in [3.8, 4) is 33.9 Å². The molecule has 2 aromatic heterocycles. The molecule has 2 N–H and O–H groups in total. The number of methoxy groups -OCH3 is 1. The van der Waals surface area contributed by atoms with Gasteiger partial charge in [-0.2, -0.15) is 5.10 Å². The molecule has 0 saturated carbocycles. The Morgan fingerprint density at radius 3 is 2.49 bits per heavy atom. The molecule has 190 valence electrons. The number of anilines is 1. The molecule has 0 aliphatic carbocycles. The maximum Gasteiger partial charge on any atom is 0.272 e. The van der Waals surface area contributed by atoms with Crippen LogP contribution >= 0.6 is 0 Å². The van der Waals surface area contributed by atoms with Gasteiger partial charge in [-0.3, -0.25) is 9.48 Å². The molecule has 0 atom stereocenters. The Balaban J connectivity index is 1.52. The van der Waals surface area contributed by atoms with Gasteiger partial charge < -0.3 is 20.1 Å². The van der Waals surface area contributed by atoms with E-state index in [-0.39, 0.29) is 5.91 Å². The van der Waals surface area contributed by atoms with E-state index >= 15 is 0 Å². The number of pyridine rings is 1. The lowest BCUT2D eigenvalue weighted by atomic mass is 9.97. The highest BCUT2D eigenvalue weighted by Crippen LogP contribution is 2.40. The van der Waals surface area contributed by atoms with Crippen LogP contribution in [0.2, 0.25) is 0 Å². The van der Waals surface area contributed by atoms with Crippen LogP contribution in [0.1, 0.15) is 41.4 Å². The predicted molar refractivity (Wildman–Crippen MR) is 144 cm³/mol.